The van der Waals surface area contributed by atoms with Crippen molar-refractivity contribution in [1.82, 2.24) is 0 Å². The lowest BCUT2D eigenvalue weighted by Gasteiger charge is -2.00. The van der Waals surface area contributed by atoms with Gasteiger partial charge in [-0.25, -0.2) is 4.79 Å². The van der Waals surface area contributed by atoms with E-state index in [1.54, 1.807) is 6.92 Å². The van der Waals surface area contributed by atoms with Crippen molar-refractivity contribution < 1.29 is 14.3 Å². The molecule has 0 atom stereocenters. The average molecular weight is 199 g/mol. The summed E-state index contributed by atoms with van der Waals surface area (Å²) in [6, 6.07) is 0. The van der Waals surface area contributed by atoms with Crippen LogP contribution in [-0.4, -0.2) is 18.4 Å². The Morgan fingerprint density at radius 1 is 1.36 bits per heavy atom. The quantitative estimate of drug-likeness (QED) is 0.514. The summed E-state index contributed by atoms with van der Waals surface area (Å²) >= 11 is 0. The maximum atomic E-state index is 11.2. The van der Waals surface area contributed by atoms with Gasteiger partial charge in [-0.3, -0.25) is 4.79 Å². The molecular formula is C10H17NO3. The molecule has 0 aromatic heterocycles. The molecule has 0 heterocycles. The summed E-state index contributed by atoms with van der Waals surface area (Å²) in [4.78, 5) is 22.1. The zero-order valence-electron chi connectivity index (χ0n) is 8.71. The van der Waals surface area contributed by atoms with E-state index >= 15 is 0 Å². The highest BCUT2D eigenvalue weighted by Gasteiger charge is 2.07. The normalized spacial score (nSPS) is 11.1. The molecule has 14 heavy (non-hydrogen) atoms. The third-order valence-electron chi connectivity index (χ3n) is 1.60. The van der Waals surface area contributed by atoms with Crippen LogP contribution in [0.1, 0.15) is 33.1 Å². The summed E-state index contributed by atoms with van der Waals surface area (Å²) in [5, 5.41) is 0. The minimum atomic E-state index is -0.627. The Kier molecular flexibility index (Phi) is 6.45. The van der Waals surface area contributed by atoms with Crippen LogP contribution < -0.4 is 5.73 Å². The highest BCUT2D eigenvalue weighted by atomic mass is 16.5. The van der Waals surface area contributed by atoms with E-state index in [9.17, 15) is 9.59 Å². The van der Waals surface area contributed by atoms with E-state index in [0.717, 1.165) is 18.9 Å². The Morgan fingerprint density at radius 3 is 2.50 bits per heavy atom. The van der Waals surface area contributed by atoms with Crippen LogP contribution in [0.4, 0.5) is 0 Å². The number of hydrogen-bond acceptors (Lipinski definition) is 4. The molecule has 80 valence electrons. The maximum Gasteiger partial charge on any atom is 0.354 e. The number of ether oxygens (including phenoxy) is 1. The highest BCUT2D eigenvalue weighted by Crippen LogP contribution is 1.98. The van der Waals surface area contributed by atoms with Crippen molar-refractivity contribution in [1.29, 1.82) is 0 Å². The average Bonchev–Trinajstić information content (AvgIpc) is 2.15. The number of hydrogen-bond donors (Lipinski definition) is 1. The fraction of sp³-hybridized carbons (Fsp3) is 0.600. The van der Waals surface area contributed by atoms with Crippen molar-refractivity contribution in [3.63, 3.8) is 0 Å². The molecule has 0 saturated carbocycles. The van der Waals surface area contributed by atoms with E-state index in [1.807, 2.05) is 6.92 Å². The summed E-state index contributed by atoms with van der Waals surface area (Å²) in [7, 11) is 0. The molecule has 0 aliphatic carbocycles. The van der Waals surface area contributed by atoms with Crippen LogP contribution in [0, 0.1) is 0 Å². The summed E-state index contributed by atoms with van der Waals surface area (Å²) in [6.07, 6.45) is 3.33. The first-order valence-corrected chi connectivity index (χ1v) is 4.78. The van der Waals surface area contributed by atoms with Crippen LogP contribution in [0.2, 0.25) is 0 Å². The largest absolute Gasteiger partial charge is 0.461 e. The first kappa shape index (κ1) is 12.7. The Labute approximate surface area is 84.1 Å². The minimum Gasteiger partial charge on any atom is -0.461 e. The van der Waals surface area contributed by atoms with Gasteiger partial charge in [0.1, 0.15) is 5.70 Å². The van der Waals surface area contributed by atoms with E-state index in [1.165, 1.54) is 0 Å². The van der Waals surface area contributed by atoms with E-state index < -0.39 is 5.97 Å². The first-order chi connectivity index (χ1) is 6.61. The number of esters is 1. The second-order valence-electron chi connectivity index (χ2n) is 2.89. The lowest BCUT2D eigenvalue weighted by atomic mass is 10.1. The molecule has 4 heteroatoms. The fourth-order valence-electron chi connectivity index (χ4n) is 0.870. The standard InChI is InChI=1S/C10H17NO3/c1-3-5-6-8(12)7-9(11)10(13)14-4-2/h7H,3-6,11H2,1-2H3. The van der Waals surface area contributed by atoms with Crippen molar-refractivity contribution in [2.24, 2.45) is 5.73 Å². The molecule has 0 amide bonds. The Hall–Kier alpha value is -1.32. The molecule has 0 unspecified atom stereocenters. The molecule has 0 aliphatic rings. The van der Waals surface area contributed by atoms with Crippen molar-refractivity contribution in [3.05, 3.63) is 11.8 Å². The Morgan fingerprint density at radius 2 is 2.00 bits per heavy atom. The summed E-state index contributed by atoms with van der Waals surface area (Å²) < 4.78 is 4.62. The van der Waals surface area contributed by atoms with Gasteiger partial charge in [0.25, 0.3) is 0 Å². The Bertz CT molecular complexity index is 234. The van der Waals surface area contributed by atoms with Crippen LogP contribution in [-0.2, 0) is 14.3 Å². The van der Waals surface area contributed by atoms with Crippen molar-refractivity contribution in [3.8, 4) is 0 Å². The van der Waals surface area contributed by atoms with Gasteiger partial charge >= 0.3 is 5.97 Å². The second kappa shape index (κ2) is 7.12. The van der Waals surface area contributed by atoms with E-state index in [2.05, 4.69) is 4.74 Å². The Balaban J connectivity index is 4.08. The number of allylic oxidation sites excluding steroid dienone is 1. The van der Waals surface area contributed by atoms with Gasteiger partial charge in [0.2, 0.25) is 0 Å². The van der Waals surface area contributed by atoms with Crippen molar-refractivity contribution in [2.75, 3.05) is 6.61 Å². The van der Waals surface area contributed by atoms with E-state index in [0.29, 0.717) is 6.42 Å². The van der Waals surface area contributed by atoms with Crippen LogP contribution in [0.25, 0.3) is 0 Å². The fourth-order valence-corrected chi connectivity index (χ4v) is 0.870. The van der Waals surface area contributed by atoms with Gasteiger partial charge in [-0.2, -0.15) is 0 Å². The molecule has 2 N–H and O–H groups in total. The molecule has 0 saturated heterocycles. The van der Waals surface area contributed by atoms with Crippen molar-refractivity contribution in [2.45, 2.75) is 33.1 Å². The number of unbranched alkanes of at least 4 members (excludes halogenated alkanes) is 1. The van der Waals surface area contributed by atoms with Crippen LogP contribution in [0.15, 0.2) is 11.8 Å². The number of ketones is 1. The maximum absolute atomic E-state index is 11.2. The van der Waals surface area contributed by atoms with Gasteiger partial charge in [0, 0.05) is 12.5 Å². The van der Waals surface area contributed by atoms with Gasteiger partial charge in [0.15, 0.2) is 5.78 Å². The molecule has 0 aromatic rings. The third kappa shape index (κ3) is 5.35. The summed E-state index contributed by atoms with van der Waals surface area (Å²) in [5.74, 6) is -0.755. The third-order valence-corrected chi connectivity index (χ3v) is 1.60. The minimum absolute atomic E-state index is 0.118. The van der Waals surface area contributed by atoms with Gasteiger partial charge in [-0.05, 0) is 13.3 Å². The molecule has 0 spiro atoms. The summed E-state index contributed by atoms with van der Waals surface area (Å²) in [5.41, 5.74) is 5.22. The highest BCUT2D eigenvalue weighted by molar-refractivity contribution is 5.98. The smallest absolute Gasteiger partial charge is 0.354 e. The van der Waals surface area contributed by atoms with E-state index in [4.69, 9.17) is 5.73 Å². The zero-order valence-corrected chi connectivity index (χ0v) is 8.71. The summed E-state index contributed by atoms with van der Waals surface area (Å²) in [6.45, 7) is 3.94. The van der Waals surface area contributed by atoms with Gasteiger partial charge < -0.3 is 10.5 Å². The molecule has 0 bridgehead atoms. The predicted octanol–water partition coefficient (Wildman–Crippen LogP) is 1.15. The van der Waals surface area contributed by atoms with Gasteiger partial charge in [-0.1, -0.05) is 13.3 Å². The monoisotopic (exact) mass is 199 g/mol. The zero-order chi connectivity index (χ0) is 11.0. The van der Waals surface area contributed by atoms with Gasteiger partial charge in [0.05, 0.1) is 6.61 Å². The lowest BCUT2D eigenvalue weighted by molar-refractivity contribution is -0.138. The van der Waals surface area contributed by atoms with Crippen LogP contribution in [0.3, 0.4) is 0 Å². The number of nitrogens with two attached hydrogens (primary N) is 1. The SMILES string of the molecule is CCCCC(=O)C=C(N)C(=O)OCC. The number of carbonyl (C=O) groups excluding carboxylic acids is 2. The molecular weight excluding hydrogens is 182 g/mol. The molecule has 4 nitrogen and oxygen atoms in total. The molecule has 0 fully saturated rings. The second-order valence-corrected chi connectivity index (χ2v) is 2.89. The predicted molar refractivity (Wildman–Crippen MR) is 53.4 cm³/mol. The van der Waals surface area contributed by atoms with E-state index in [-0.39, 0.29) is 18.1 Å². The topological polar surface area (TPSA) is 69.4 Å². The molecule has 0 rings (SSSR count). The lowest BCUT2D eigenvalue weighted by Crippen LogP contribution is -2.16. The molecule has 0 aliphatic heterocycles. The van der Waals surface area contributed by atoms with Crippen LogP contribution in [0.5, 0.6) is 0 Å². The van der Waals surface area contributed by atoms with Crippen molar-refractivity contribution >= 4 is 11.8 Å². The van der Waals surface area contributed by atoms with Gasteiger partial charge in [-0.15, -0.1) is 0 Å². The molecule has 0 radical (unpaired) electrons. The number of rotatable bonds is 6. The van der Waals surface area contributed by atoms with Crippen LogP contribution >= 0.6 is 0 Å². The number of carbonyl (C=O) groups is 2. The molecule has 0 aromatic carbocycles. The first-order valence-electron chi connectivity index (χ1n) is 4.78.